The molecule has 1 unspecified atom stereocenters. The maximum Gasteiger partial charge on any atom is 0.242 e. The van der Waals surface area contributed by atoms with E-state index < -0.39 is 6.04 Å². The smallest absolute Gasteiger partial charge is 0.242 e. The Morgan fingerprint density at radius 2 is 1.71 bits per heavy atom. The normalized spacial score (nSPS) is 11.7. The van der Waals surface area contributed by atoms with Gasteiger partial charge in [-0.15, -0.1) is 11.8 Å². The summed E-state index contributed by atoms with van der Waals surface area (Å²) in [4.78, 5) is 26.8. The molecule has 2 aromatic carbocycles. The van der Waals surface area contributed by atoms with E-state index in [1.807, 2.05) is 31.2 Å². The molecular weight excluding hydrogens is 399 g/mol. The minimum atomic E-state index is -0.571. The second-order valence-electron chi connectivity index (χ2n) is 6.31. The van der Waals surface area contributed by atoms with E-state index >= 15 is 0 Å². The Morgan fingerprint density at radius 1 is 1.11 bits per heavy atom. The minimum Gasteiger partial charge on any atom is -0.357 e. The van der Waals surface area contributed by atoms with Gasteiger partial charge < -0.3 is 10.2 Å². The Labute approximate surface area is 174 Å². The summed E-state index contributed by atoms with van der Waals surface area (Å²) in [5.41, 5.74) is 1.85. The third-order valence-electron chi connectivity index (χ3n) is 4.31. The first kappa shape index (κ1) is 22.2. The van der Waals surface area contributed by atoms with Gasteiger partial charge in [-0.2, -0.15) is 0 Å². The van der Waals surface area contributed by atoms with Gasteiger partial charge in [-0.05, 0) is 41.8 Å². The molecule has 0 fully saturated rings. The molecule has 0 bridgehead atoms. The molecule has 28 heavy (non-hydrogen) atoms. The van der Waals surface area contributed by atoms with Gasteiger partial charge in [0.25, 0.3) is 0 Å². The molecule has 0 spiro atoms. The van der Waals surface area contributed by atoms with Gasteiger partial charge in [-0.3, -0.25) is 9.59 Å². The average molecular weight is 423 g/mol. The van der Waals surface area contributed by atoms with Crippen LogP contribution in [-0.2, 0) is 21.9 Å². The number of nitrogens with zero attached hydrogens (tertiary/aromatic N) is 1. The van der Waals surface area contributed by atoms with E-state index in [4.69, 9.17) is 11.6 Å². The maximum atomic E-state index is 13.2. The molecule has 0 aromatic heterocycles. The topological polar surface area (TPSA) is 49.4 Å². The highest BCUT2D eigenvalue weighted by Gasteiger charge is 2.27. The van der Waals surface area contributed by atoms with Crippen molar-refractivity contribution in [1.82, 2.24) is 10.2 Å². The lowest BCUT2D eigenvalue weighted by Gasteiger charge is -2.30. The SMILES string of the molecule is CCC(C(=O)NC)N(Cc1ccc(F)cc1)C(=O)CSCc1ccc(Cl)cc1. The predicted molar refractivity (Wildman–Crippen MR) is 113 cm³/mol. The molecule has 7 heteroatoms. The summed E-state index contributed by atoms with van der Waals surface area (Å²) in [6, 6.07) is 12.9. The van der Waals surface area contributed by atoms with Gasteiger partial charge in [0.2, 0.25) is 11.8 Å². The molecule has 0 aliphatic carbocycles. The van der Waals surface area contributed by atoms with Crippen LogP contribution < -0.4 is 5.32 Å². The van der Waals surface area contributed by atoms with E-state index in [1.54, 1.807) is 24.1 Å². The second-order valence-corrected chi connectivity index (χ2v) is 7.73. The number of carbonyl (C=O) groups excluding carboxylic acids is 2. The Kier molecular flexibility index (Phi) is 8.80. The molecule has 1 atom stereocenters. The van der Waals surface area contributed by atoms with Crippen LogP contribution in [0.3, 0.4) is 0 Å². The highest BCUT2D eigenvalue weighted by Crippen LogP contribution is 2.18. The lowest BCUT2D eigenvalue weighted by Crippen LogP contribution is -2.48. The number of thioether (sulfide) groups is 1. The van der Waals surface area contributed by atoms with Crippen LogP contribution >= 0.6 is 23.4 Å². The number of amides is 2. The zero-order chi connectivity index (χ0) is 20.5. The molecule has 0 saturated carbocycles. The molecule has 2 rings (SSSR count). The van der Waals surface area contributed by atoms with E-state index in [0.717, 1.165) is 11.1 Å². The van der Waals surface area contributed by atoms with Gasteiger partial charge in [-0.25, -0.2) is 4.39 Å². The largest absolute Gasteiger partial charge is 0.357 e. The summed E-state index contributed by atoms with van der Waals surface area (Å²) < 4.78 is 13.2. The van der Waals surface area contributed by atoms with Crippen molar-refractivity contribution in [1.29, 1.82) is 0 Å². The first-order valence-electron chi connectivity index (χ1n) is 9.02. The van der Waals surface area contributed by atoms with Crippen molar-refractivity contribution in [3.05, 3.63) is 70.5 Å². The van der Waals surface area contributed by atoms with E-state index in [2.05, 4.69) is 5.32 Å². The summed E-state index contributed by atoms with van der Waals surface area (Å²) in [7, 11) is 1.56. The zero-order valence-electron chi connectivity index (χ0n) is 16.0. The molecule has 0 aliphatic rings. The Balaban J connectivity index is 2.07. The molecule has 0 aliphatic heterocycles. The van der Waals surface area contributed by atoms with E-state index in [1.165, 1.54) is 23.9 Å². The molecular formula is C21H24ClFN2O2S. The highest BCUT2D eigenvalue weighted by atomic mass is 35.5. The summed E-state index contributed by atoms with van der Waals surface area (Å²) >= 11 is 7.37. The minimum absolute atomic E-state index is 0.126. The first-order chi connectivity index (χ1) is 13.4. The third kappa shape index (κ3) is 6.53. The number of benzene rings is 2. The van der Waals surface area contributed by atoms with Crippen LogP contribution in [-0.4, -0.2) is 35.6 Å². The van der Waals surface area contributed by atoms with Gasteiger partial charge >= 0.3 is 0 Å². The number of carbonyl (C=O) groups is 2. The number of rotatable bonds is 9. The number of hydrogen-bond acceptors (Lipinski definition) is 3. The monoisotopic (exact) mass is 422 g/mol. The average Bonchev–Trinajstić information content (AvgIpc) is 2.70. The van der Waals surface area contributed by atoms with E-state index in [9.17, 15) is 14.0 Å². The Morgan fingerprint density at radius 3 is 2.29 bits per heavy atom. The maximum absolute atomic E-state index is 13.2. The molecule has 4 nitrogen and oxygen atoms in total. The summed E-state index contributed by atoms with van der Waals surface area (Å²) in [5, 5.41) is 3.29. The number of halogens is 2. The van der Waals surface area contributed by atoms with Crippen molar-refractivity contribution in [2.45, 2.75) is 31.7 Å². The summed E-state index contributed by atoms with van der Waals surface area (Å²) in [6.45, 7) is 2.12. The van der Waals surface area contributed by atoms with Crippen LogP contribution in [0.2, 0.25) is 5.02 Å². The molecule has 150 valence electrons. The van der Waals surface area contributed by atoms with Crippen LogP contribution in [0.15, 0.2) is 48.5 Å². The fraction of sp³-hybridized carbons (Fsp3) is 0.333. The molecule has 0 saturated heterocycles. The van der Waals surface area contributed by atoms with Crippen molar-refractivity contribution in [2.24, 2.45) is 0 Å². The van der Waals surface area contributed by atoms with Crippen LogP contribution in [0, 0.1) is 5.82 Å². The highest BCUT2D eigenvalue weighted by molar-refractivity contribution is 7.99. The van der Waals surface area contributed by atoms with Crippen LogP contribution in [0.1, 0.15) is 24.5 Å². The van der Waals surface area contributed by atoms with Crippen molar-refractivity contribution in [2.75, 3.05) is 12.8 Å². The first-order valence-corrected chi connectivity index (χ1v) is 10.6. The summed E-state index contributed by atoms with van der Waals surface area (Å²) in [6.07, 6.45) is 0.495. The van der Waals surface area contributed by atoms with Crippen LogP contribution in [0.5, 0.6) is 0 Å². The van der Waals surface area contributed by atoms with Crippen LogP contribution in [0.25, 0.3) is 0 Å². The van der Waals surface area contributed by atoms with E-state index in [0.29, 0.717) is 17.2 Å². The molecule has 0 heterocycles. The lowest BCUT2D eigenvalue weighted by molar-refractivity contribution is -0.139. The third-order valence-corrected chi connectivity index (χ3v) is 5.55. The number of nitrogens with one attached hydrogen (secondary N) is 1. The van der Waals surface area contributed by atoms with E-state index in [-0.39, 0.29) is 29.9 Å². The summed E-state index contributed by atoms with van der Waals surface area (Å²) in [5.74, 6) is 0.249. The lowest BCUT2D eigenvalue weighted by atomic mass is 10.1. The number of hydrogen-bond donors (Lipinski definition) is 1. The molecule has 0 radical (unpaired) electrons. The predicted octanol–water partition coefficient (Wildman–Crippen LogP) is 4.27. The fourth-order valence-electron chi connectivity index (χ4n) is 2.79. The van der Waals surface area contributed by atoms with Crippen molar-refractivity contribution in [3.63, 3.8) is 0 Å². The zero-order valence-corrected chi connectivity index (χ0v) is 17.5. The fourth-order valence-corrected chi connectivity index (χ4v) is 3.79. The molecule has 2 amide bonds. The van der Waals surface area contributed by atoms with Crippen molar-refractivity contribution < 1.29 is 14.0 Å². The molecule has 1 N–H and O–H groups in total. The quantitative estimate of drug-likeness (QED) is 0.656. The van der Waals surface area contributed by atoms with Gasteiger partial charge in [0.1, 0.15) is 11.9 Å². The Hall–Kier alpha value is -2.05. The standard InChI is InChI=1S/C21H24ClFN2O2S/c1-3-19(21(27)24-2)25(12-15-6-10-18(23)11-7-15)20(26)14-28-13-16-4-8-17(22)9-5-16/h4-11,19H,3,12-14H2,1-2H3,(H,24,27). The van der Waals surface area contributed by atoms with Crippen molar-refractivity contribution >= 4 is 35.2 Å². The van der Waals surface area contributed by atoms with Crippen molar-refractivity contribution in [3.8, 4) is 0 Å². The Bertz CT molecular complexity index is 784. The van der Waals surface area contributed by atoms with Gasteiger partial charge in [0, 0.05) is 24.4 Å². The van der Waals surface area contributed by atoms with Gasteiger partial charge in [0.15, 0.2) is 0 Å². The number of likely N-dealkylation sites (N-methyl/N-ethyl adjacent to an activating group) is 1. The van der Waals surface area contributed by atoms with Gasteiger partial charge in [-0.1, -0.05) is 42.8 Å². The second kappa shape index (κ2) is 11.1. The molecule has 2 aromatic rings. The van der Waals surface area contributed by atoms with Crippen LogP contribution in [0.4, 0.5) is 4.39 Å². The van der Waals surface area contributed by atoms with Gasteiger partial charge in [0.05, 0.1) is 5.75 Å².